The summed E-state index contributed by atoms with van der Waals surface area (Å²) >= 11 is 0. The van der Waals surface area contributed by atoms with Gasteiger partial charge in [-0.05, 0) is 54.0 Å². The third-order valence-electron chi connectivity index (χ3n) is 3.54. The van der Waals surface area contributed by atoms with Crippen molar-refractivity contribution in [2.24, 2.45) is 0 Å². The van der Waals surface area contributed by atoms with Gasteiger partial charge in [-0.2, -0.15) is 0 Å². The Morgan fingerprint density at radius 3 is 2.79 bits per heavy atom. The Hall–Kier alpha value is -2.45. The number of hydrogen-bond acceptors (Lipinski definition) is 6. The van der Waals surface area contributed by atoms with E-state index in [1.807, 2.05) is 31.2 Å². The van der Waals surface area contributed by atoms with Crippen LogP contribution in [0.5, 0.6) is 5.75 Å². The van der Waals surface area contributed by atoms with E-state index in [1.54, 1.807) is 19.1 Å². The Balaban J connectivity index is 1.89. The normalized spacial score (nSPS) is 13.1. The molecule has 7 nitrogen and oxygen atoms in total. The number of aromatic nitrogens is 2. The van der Waals surface area contributed by atoms with Crippen molar-refractivity contribution < 1.29 is 17.8 Å². The minimum absolute atomic E-state index is 0.0362. The molecule has 0 amide bonds. The molecule has 24 heavy (non-hydrogen) atoms. The fourth-order valence-corrected chi connectivity index (χ4v) is 3.79. The molecule has 1 heterocycles. The molecular formula is C16H17N3O4S. The minimum atomic E-state index is -3.78. The van der Waals surface area contributed by atoms with E-state index in [2.05, 4.69) is 19.7 Å². The van der Waals surface area contributed by atoms with Crippen molar-refractivity contribution in [3.63, 3.8) is 0 Å². The van der Waals surface area contributed by atoms with Gasteiger partial charge < -0.3 is 4.74 Å². The molecule has 126 valence electrons. The zero-order valence-electron chi connectivity index (χ0n) is 13.3. The van der Waals surface area contributed by atoms with Crippen molar-refractivity contribution in [1.29, 1.82) is 0 Å². The van der Waals surface area contributed by atoms with Gasteiger partial charge in [0.1, 0.15) is 16.2 Å². The van der Waals surface area contributed by atoms with Gasteiger partial charge in [-0.1, -0.05) is 18.2 Å². The van der Waals surface area contributed by atoms with Crippen molar-refractivity contribution in [3.8, 4) is 5.75 Å². The van der Waals surface area contributed by atoms with Crippen molar-refractivity contribution in [2.75, 3.05) is 6.61 Å². The lowest BCUT2D eigenvalue weighted by atomic mass is 10.1. The van der Waals surface area contributed by atoms with Gasteiger partial charge in [0.2, 0.25) is 10.0 Å². The highest BCUT2D eigenvalue weighted by molar-refractivity contribution is 7.89. The molecule has 0 aliphatic rings. The molecule has 1 aromatic heterocycles. The van der Waals surface area contributed by atoms with Crippen LogP contribution in [0.15, 0.2) is 52.0 Å². The molecule has 0 spiro atoms. The van der Waals surface area contributed by atoms with Crippen LogP contribution in [0.25, 0.3) is 11.0 Å². The molecule has 3 rings (SSSR count). The van der Waals surface area contributed by atoms with Crippen LogP contribution in [-0.4, -0.2) is 25.3 Å². The number of sulfonamides is 1. The minimum Gasteiger partial charge on any atom is -0.494 e. The molecule has 1 N–H and O–H groups in total. The maximum absolute atomic E-state index is 12.7. The molecule has 0 saturated heterocycles. The first kappa shape index (κ1) is 16.4. The van der Waals surface area contributed by atoms with Gasteiger partial charge in [-0.25, -0.2) is 17.8 Å². The van der Waals surface area contributed by atoms with Crippen LogP contribution in [0.1, 0.15) is 25.5 Å². The van der Waals surface area contributed by atoms with E-state index in [0.29, 0.717) is 17.9 Å². The summed E-state index contributed by atoms with van der Waals surface area (Å²) in [6, 6.07) is 11.6. The topological polar surface area (TPSA) is 94.3 Å². The maximum Gasteiger partial charge on any atom is 0.243 e. The van der Waals surface area contributed by atoms with Gasteiger partial charge >= 0.3 is 0 Å². The standard InChI is InChI=1S/C16H17N3O4S/c1-3-22-13-7-4-6-12(10-13)11(2)19-24(20,21)15-9-5-8-14-16(15)18-23-17-14/h4-11,19H,3H2,1-2H3/t11-/m1/s1. The third-order valence-corrected chi connectivity index (χ3v) is 5.11. The van der Waals surface area contributed by atoms with E-state index in [-0.39, 0.29) is 10.4 Å². The molecule has 0 aliphatic heterocycles. The van der Waals surface area contributed by atoms with E-state index in [4.69, 9.17) is 4.74 Å². The fraction of sp³-hybridized carbons (Fsp3) is 0.250. The van der Waals surface area contributed by atoms with Crippen LogP contribution in [0.4, 0.5) is 0 Å². The monoisotopic (exact) mass is 347 g/mol. The fourth-order valence-electron chi connectivity index (χ4n) is 2.40. The van der Waals surface area contributed by atoms with Crippen LogP contribution in [0.2, 0.25) is 0 Å². The van der Waals surface area contributed by atoms with E-state index in [1.165, 1.54) is 6.07 Å². The lowest BCUT2D eigenvalue weighted by molar-refractivity contribution is 0.315. The van der Waals surface area contributed by atoms with Gasteiger partial charge in [0.05, 0.1) is 6.61 Å². The van der Waals surface area contributed by atoms with Crippen molar-refractivity contribution in [1.82, 2.24) is 15.0 Å². The first-order chi connectivity index (χ1) is 11.5. The second-order valence-corrected chi connectivity index (χ2v) is 6.92. The van der Waals surface area contributed by atoms with Crippen molar-refractivity contribution in [2.45, 2.75) is 24.8 Å². The van der Waals surface area contributed by atoms with Crippen LogP contribution in [0, 0.1) is 0 Å². The molecule has 3 aromatic rings. The van der Waals surface area contributed by atoms with Gasteiger partial charge in [0.25, 0.3) is 0 Å². The van der Waals surface area contributed by atoms with E-state index >= 15 is 0 Å². The lowest BCUT2D eigenvalue weighted by Gasteiger charge is -2.15. The first-order valence-electron chi connectivity index (χ1n) is 7.47. The van der Waals surface area contributed by atoms with Crippen LogP contribution in [-0.2, 0) is 10.0 Å². The SMILES string of the molecule is CCOc1cccc([C@@H](C)NS(=O)(=O)c2cccc3nonc23)c1. The molecule has 0 unspecified atom stereocenters. The summed E-state index contributed by atoms with van der Waals surface area (Å²) in [5.74, 6) is 0.698. The second kappa shape index (κ2) is 6.58. The maximum atomic E-state index is 12.7. The molecule has 0 bridgehead atoms. The van der Waals surface area contributed by atoms with Crippen molar-refractivity contribution in [3.05, 3.63) is 48.0 Å². The molecule has 1 atom stereocenters. The highest BCUT2D eigenvalue weighted by atomic mass is 32.2. The molecule has 0 aliphatic carbocycles. The molecule has 8 heteroatoms. The number of fused-ring (bicyclic) bond motifs is 1. The zero-order chi connectivity index (χ0) is 17.2. The van der Waals surface area contributed by atoms with Gasteiger partial charge in [0.15, 0.2) is 5.52 Å². The quantitative estimate of drug-likeness (QED) is 0.737. The lowest BCUT2D eigenvalue weighted by Crippen LogP contribution is -2.27. The van der Waals surface area contributed by atoms with Gasteiger partial charge in [0, 0.05) is 6.04 Å². The molecule has 0 fully saturated rings. The number of nitrogens with one attached hydrogen (secondary N) is 1. The summed E-state index contributed by atoms with van der Waals surface area (Å²) in [5, 5.41) is 7.35. The van der Waals surface area contributed by atoms with E-state index < -0.39 is 16.1 Å². The molecule has 0 saturated carbocycles. The summed E-state index contributed by atoms with van der Waals surface area (Å²) in [7, 11) is -3.78. The second-order valence-electron chi connectivity index (χ2n) is 5.24. The Bertz CT molecular complexity index is 953. The Morgan fingerprint density at radius 2 is 2.00 bits per heavy atom. The van der Waals surface area contributed by atoms with Crippen LogP contribution >= 0.6 is 0 Å². The zero-order valence-corrected chi connectivity index (χ0v) is 14.1. The summed E-state index contributed by atoms with van der Waals surface area (Å²) < 4.78 is 38.1. The van der Waals surface area contributed by atoms with Gasteiger partial charge in [-0.3, -0.25) is 0 Å². The highest BCUT2D eigenvalue weighted by Crippen LogP contribution is 2.24. The van der Waals surface area contributed by atoms with Crippen LogP contribution < -0.4 is 9.46 Å². The van der Waals surface area contributed by atoms with Crippen LogP contribution in [0.3, 0.4) is 0 Å². The van der Waals surface area contributed by atoms with E-state index in [9.17, 15) is 8.42 Å². The average molecular weight is 347 g/mol. The third kappa shape index (κ3) is 3.24. The molecule has 0 radical (unpaired) electrons. The number of rotatable bonds is 6. The Kier molecular flexibility index (Phi) is 4.50. The molecular weight excluding hydrogens is 330 g/mol. The number of nitrogens with zero attached hydrogens (tertiary/aromatic N) is 2. The summed E-state index contributed by atoms with van der Waals surface area (Å²) in [6.45, 7) is 4.21. The summed E-state index contributed by atoms with van der Waals surface area (Å²) in [6.07, 6.45) is 0. The summed E-state index contributed by atoms with van der Waals surface area (Å²) in [4.78, 5) is 0.0362. The number of benzene rings is 2. The number of ether oxygens (including phenoxy) is 1. The predicted octanol–water partition coefficient (Wildman–Crippen LogP) is 2.66. The van der Waals surface area contributed by atoms with E-state index in [0.717, 1.165) is 5.56 Å². The smallest absolute Gasteiger partial charge is 0.243 e. The van der Waals surface area contributed by atoms with Crippen molar-refractivity contribution >= 4 is 21.1 Å². The van der Waals surface area contributed by atoms with Gasteiger partial charge in [-0.15, -0.1) is 0 Å². The summed E-state index contributed by atoms with van der Waals surface area (Å²) in [5.41, 5.74) is 1.40. The Labute approximate surface area is 139 Å². The largest absolute Gasteiger partial charge is 0.494 e. The molecule has 2 aromatic carbocycles. The Morgan fingerprint density at radius 1 is 1.21 bits per heavy atom. The average Bonchev–Trinajstić information content (AvgIpc) is 3.03. The first-order valence-corrected chi connectivity index (χ1v) is 8.96. The number of hydrogen-bond donors (Lipinski definition) is 1. The highest BCUT2D eigenvalue weighted by Gasteiger charge is 2.23. The predicted molar refractivity (Wildman–Crippen MR) is 88.2 cm³/mol.